The molecule has 0 aliphatic carbocycles. The normalized spacial score (nSPS) is 14.8. The van der Waals surface area contributed by atoms with Gasteiger partial charge in [0.05, 0.1) is 11.9 Å². The Hall–Kier alpha value is -4.10. The molecule has 0 unspecified atom stereocenters. The van der Waals surface area contributed by atoms with Crippen LogP contribution in [-0.4, -0.2) is 49.8 Å². The summed E-state index contributed by atoms with van der Waals surface area (Å²) in [4.78, 5) is 18.6. The van der Waals surface area contributed by atoms with Gasteiger partial charge in [0.15, 0.2) is 0 Å². The van der Waals surface area contributed by atoms with Gasteiger partial charge in [-0.2, -0.15) is 5.10 Å². The Bertz CT molecular complexity index is 1460. The van der Waals surface area contributed by atoms with E-state index >= 15 is 0 Å². The van der Waals surface area contributed by atoms with Crippen LogP contribution < -0.4 is 5.32 Å². The van der Waals surface area contributed by atoms with Crippen molar-refractivity contribution in [3.63, 3.8) is 0 Å². The molecule has 37 heavy (non-hydrogen) atoms. The Balaban J connectivity index is 1.05. The molecular weight excluding hydrogens is 460 g/mol. The predicted octanol–water partition coefficient (Wildman–Crippen LogP) is 4.72. The molecule has 5 aromatic rings. The maximum absolute atomic E-state index is 12.9. The summed E-state index contributed by atoms with van der Waals surface area (Å²) in [6.45, 7) is 3.29. The minimum absolute atomic E-state index is 0.0789. The van der Waals surface area contributed by atoms with Gasteiger partial charge in [0, 0.05) is 54.1 Å². The smallest absolute Gasteiger partial charge is 0.223 e. The Labute approximate surface area is 216 Å². The van der Waals surface area contributed by atoms with Crippen molar-refractivity contribution in [2.45, 2.75) is 25.8 Å². The second kappa shape index (κ2) is 10.5. The largest absolute Gasteiger partial charge is 0.361 e. The van der Waals surface area contributed by atoms with Gasteiger partial charge in [0.1, 0.15) is 5.82 Å². The molecule has 0 atom stereocenters. The lowest BCUT2D eigenvalue weighted by Crippen LogP contribution is -2.40. The number of aromatic amines is 1. The summed E-state index contributed by atoms with van der Waals surface area (Å²) in [5, 5.41) is 9.14. The van der Waals surface area contributed by atoms with Gasteiger partial charge in [0.2, 0.25) is 5.91 Å². The van der Waals surface area contributed by atoms with Crippen molar-refractivity contribution >= 4 is 16.8 Å². The number of amides is 1. The van der Waals surface area contributed by atoms with E-state index in [1.165, 1.54) is 16.5 Å². The lowest BCUT2D eigenvalue weighted by molar-refractivity contribution is -0.126. The first-order chi connectivity index (χ1) is 18.3. The number of fused-ring (bicyclic) bond motifs is 1. The second-order valence-corrected chi connectivity index (χ2v) is 9.78. The number of hydrogen-bond acceptors (Lipinski definition) is 3. The van der Waals surface area contributed by atoms with E-state index in [1.807, 2.05) is 47.3 Å². The summed E-state index contributed by atoms with van der Waals surface area (Å²) in [5.41, 5.74) is 4.62. The number of carbonyl (C=O) groups excluding carboxylic acids is 1. The van der Waals surface area contributed by atoms with Gasteiger partial charge in [-0.05, 0) is 68.2 Å². The van der Waals surface area contributed by atoms with Crippen molar-refractivity contribution in [3.05, 3.63) is 103 Å². The molecule has 1 saturated heterocycles. The third kappa shape index (κ3) is 4.95. The number of benzene rings is 2. The number of likely N-dealkylation sites (tertiary alicyclic amines) is 1. The van der Waals surface area contributed by atoms with Crippen molar-refractivity contribution in [1.29, 1.82) is 0 Å². The number of para-hydroxylation sites is 2. The van der Waals surface area contributed by atoms with Crippen molar-refractivity contribution in [2.75, 3.05) is 19.6 Å². The minimum atomic E-state index is 0.0789. The Morgan fingerprint density at radius 3 is 2.51 bits per heavy atom. The van der Waals surface area contributed by atoms with E-state index in [9.17, 15) is 4.79 Å². The van der Waals surface area contributed by atoms with Gasteiger partial charge in [-0.15, -0.1) is 0 Å². The summed E-state index contributed by atoms with van der Waals surface area (Å²) in [6.07, 6.45) is 10.8. The molecule has 1 amide bonds. The van der Waals surface area contributed by atoms with Crippen molar-refractivity contribution in [1.82, 2.24) is 29.5 Å². The van der Waals surface area contributed by atoms with Crippen LogP contribution in [-0.2, 0) is 17.8 Å². The highest BCUT2D eigenvalue weighted by Crippen LogP contribution is 2.24. The van der Waals surface area contributed by atoms with E-state index in [1.54, 1.807) is 0 Å². The second-order valence-electron chi connectivity index (χ2n) is 9.78. The highest BCUT2D eigenvalue weighted by Gasteiger charge is 2.26. The fourth-order valence-electron chi connectivity index (χ4n) is 5.39. The van der Waals surface area contributed by atoms with Crippen LogP contribution in [0.5, 0.6) is 0 Å². The average Bonchev–Trinajstić information content (AvgIpc) is 3.70. The number of hydrogen-bond donors (Lipinski definition) is 2. The molecule has 4 heterocycles. The van der Waals surface area contributed by atoms with Crippen LogP contribution >= 0.6 is 0 Å². The van der Waals surface area contributed by atoms with E-state index in [0.717, 1.165) is 55.9 Å². The first-order valence-corrected chi connectivity index (χ1v) is 13.1. The van der Waals surface area contributed by atoms with Crippen LogP contribution in [0.4, 0.5) is 0 Å². The molecule has 1 fully saturated rings. The Morgan fingerprint density at radius 1 is 0.946 bits per heavy atom. The van der Waals surface area contributed by atoms with Gasteiger partial charge >= 0.3 is 0 Å². The molecule has 0 bridgehead atoms. The molecule has 0 saturated carbocycles. The third-order valence-electron chi connectivity index (χ3n) is 7.39. The van der Waals surface area contributed by atoms with Crippen LogP contribution in [0.1, 0.15) is 24.0 Å². The highest BCUT2D eigenvalue weighted by atomic mass is 16.1. The number of nitrogens with zero attached hydrogens (tertiary/aromatic N) is 4. The molecule has 7 nitrogen and oxygen atoms in total. The zero-order valence-corrected chi connectivity index (χ0v) is 20.9. The molecule has 0 spiro atoms. The van der Waals surface area contributed by atoms with Crippen molar-refractivity contribution in [3.8, 4) is 11.5 Å². The minimum Gasteiger partial charge on any atom is -0.361 e. The topological polar surface area (TPSA) is 70.9 Å². The van der Waals surface area contributed by atoms with E-state index in [2.05, 4.69) is 68.7 Å². The number of H-pyrrole nitrogens is 1. The molecule has 7 heteroatoms. The maximum Gasteiger partial charge on any atom is 0.223 e. The fraction of sp³-hybridized carbons (Fsp3) is 0.267. The van der Waals surface area contributed by atoms with E-state index in [4.69, 9.17) is 5.10 Å². The molecule has 3 aromatic heterocycles. The number of piperidine rings is 1. The number of carbonyl (C=O) groups is 1. The number of nitrogens with one attached hydrogen (secondary N) is 2. The summed E-state index contributed by atoms with van der Waals surface area (Å²) in [7, 11) is 0. The molecule has 0 radical (unpaired) electrons. The standard InChI is InChI=1S/C30H32N6O/c37-29(31-15-12-24-20-32-28-11-5-4-10-27(24)28)23-13-18-34(19-14-23)22-25-21-33-36(26-8-2-1-3-9-26)30(25)35-16-6-7-17-35/h1-11,16-17,20-21,23,32H,12-15,18-19,22H2,(H,31,37). The third-order valence-corrected chi connectivity index (χ3v) is 7.39. The molecule has 188 valence electrons. The molecule has 1 aliphatic heterocycles. The predicted molar refractivity (Wildman–Crippen MR) is 146 cm³/mol. The molecule has 6 rings (SSSR count). The van der Waals surface area contributed by atoms with Gasteiger partial charge in [-0.1, -0.05) is 36.4 Å². The summed E-state index contributed by atoms with van der Waals surface area (Å²) >= 11 is 0. The zero-order valence-electron chi connectivity index (χ0n) is 20.9. The summed E-state index contributed by atoms with van der Waals surface area (Å²) in [5.74, 6) is 1.33. The highest BCUT2D eigenvalue weighted by molar-refractivity contribution is 5.83. The monoisotopic (exact) mass is 492 g/mol. The van der Waals surface area contributed by atoms with E-state index < -0.39 is 0 Å². The zero-order chi connectivity index (χ0) is 25.0. The van der Waals surface area contributed by atoms with Gasteiger partial charge in [-0.25, -0.2) is 4.68 Å². The van der Waals surface area contributed by atoms with Crippen LogP contribution in [0.15, 0.2) is 91.5 Å². The quantitative estimate of drug-likeness (QED) is 0.329. The SMILES string of the molecule is O=C(NCCc1c[nH]c2ccccc12)C1CCN(Cc2cnn(-c3ccccc3)c2-n2cccc2)CC1. The summed E-state index contributed by atoms with van der Waals surface area (Å²) in [6, 6.07) is 22.6. The molecule has 1 aliphatic rings. The van der Waals surface area contributed by atoms with Gasteiger partial charge < -0.3 is 14.9 Å². The fourth-order valence-corrected chi connectivity index (χ4v) is 5.39. The summed E-state index contributed by atoms with van der Waals surface area (Å²) < 4.78 is 4.13. The lowest BCUT2D eigenvalue weighted by atomic mass is 9.95. The molecule has 2 N–H and O–H groups in total. The lowest BCUT2D eigenvalue weighted by Gasteiger charge is -2.31. The van der Waals surface area contributed by atoms with Crippen LogP contribution in [0.2, 0.25) is 0 Å². The Kier molecular flexibility index (Phi) is 6.60. The van der Waals surface area contributed by atoms with Crippen molar-refractivity contribution < 1.29 is 4.79 Å². The van der Waals surface area contributed by atoms with E-state index in [-0.39, 0.29) is 11.8 Å². The maximum atomic E-state index is 12.9. The molecular formula is C30H32N6O. The van der Waals surface area contributed by atoms with Gasteiger partial charge in [-0.3, -0.25) is 9.69 Å². The van der Waals surface area contributed by atoms with Crippen LogP contribution in [0.3, 0.4) is 0 Å². The van der Waals surface area contributed by atoms with E-state index in [0.29, 0.717) is 6.54 Å². The van der Waals surface area contributed by atoms with Gasteiger partial charge in [0.25, 0.3) is 0 Å². The first-order valence-electron chi connectivity index (χ1n) is 13.1. The average molecular weight is 493 g/mol. The molecule has 2 aromatic carbocycles. The number of aromatic nitrogens is 4. The number of rotatable bonds is 8. The van der Waals surface area contributed by atoms with Crippen LogP contribution in [0.25, 0.3) is 22.4 Å². The Morgan fingerprint density at radius 2 is 1.70 bits per heavy atom. The van der Waals surface area contributed by atoms with Crippen LogP contribution in [0, 0.1) is 5.92 Å². The van der Waals surface area contributed by atoms with Crippen molar-refractivity contribution in [2.24, 2.45) is 5.92 Å². The first kappa shape index (κ1) is 23.3.